The molecule has 0 aliphatic heterocycles. The van der Waals surface area contributed by atoms with Gasteiger partial charge in [-0.2, -0.15) is 0 Å². The van der Waals surface area contributed by atoms with Gasteiger partial charge in [-0.3, -0.25) is 0 Å². The third-order valence-corrected chi connectivity index (χ3v) is 3.56. The van der Waals surface area contributed by atoms with Crippen LogP contribution < -0.4 is 5.32 Å². The SMILES string of the molecule is CSc1ccc(NCc2cc(Cl)ccc2F)cc1. The van der Waals surface area contributed by atoms with Crippen molar-refractivity contribution in [2.45, 2.75) is 11.4 Å². The first kappa shape index (κ1) is 13.2. The average molecular weight is 282 g/mol. The first-order valence-corrected chi connectivity index (χ1v) is 7.11. The van der Waals surface area contributed by atoms with Crippen molar-refractivity contribution < 1.29 is 4.39 Å². The molecule has 0 bridgehead atoms. The molecule has 0 heterocycles. The number of benzene rings is 2. The Morgan fingerprint density at radius 1 is 1.17 bits per heavy atom. The zero-order chi connectivity index (χ0) is 13.0. The van der Waals surface area contributed by atoms with Gasteiger partial charge >= 0.3 is 0 Å². The Kier molecular flexibility index (Phi) is 4.50. The third-order valence-electron chi connectivity index (χ3n) is 2.58. The molecule has 2 aromatic rings. The van der Waals surface area contributed by atoms with E-state index < -0.39 is 0 Å². The van der Waals surface area contributed by atoms with E-state index in [1.807, 2.05) is 30.5 Å². The maximum absolute atomic E-state index is 13.5. The van der Waals surface area contributed by atoms with Gasteiger partial charge in [0.25, 0.3) is 0 Å². The fraction of sp³-hybridized carbons (Fsp3) is 0.143. The highest BCUT2D eigenvalue weighted by Crippen LogP contribution is 2.19. The van der Waals surface area contributed by atoms with Crippen molar-refractivity contribution >= 4 is 29.1 Å². The number of nitrogens with one attached hydrogen (secondary N) is 1. The van der Waals surface area contributed by atoms with Crippen molar-refractivity contribution in [3.63, 3.8) is 0 Å². The van der Waals surface area contributed by atoms with Gasteiger partial charge in [0.2, 0.25) is 0 Å². The van der Waals surface area contributed by atoms with Crippen LogP contribution in [0.3, 0.4) is 0 Å². The third kappa shape index (κ3) is 3.40. The largest absolute Gasteiger partial charge is 0.381 e. The second-order valence-electron chi connectivity index (χ2n) is 3.82. The highest BCUT2D eigenvalue weighted by Gasteiger charge is 2.02. The Hall–Kier alpha value is -1.19. The molecule has 0 aliphatic carbocycles. The quantitative estimate of drug-likeness (QED) is 0.807. The summed E-state index contributed by atoms with van der Waals surface area (Å²) < 4.78 is 13.5. The van der Waals surface area contributed by atoms with E-state index in [9.17, 15) is 4.39 Å². The highest BCUT2D eigenvalue weighted by atomic mass is 35.5. The summed E-state index contributed by atoms with van der Waals surface area (Å²) in [6.07, 6.45) is 2.03. The van der Waals surface area contributed by atoms with Crippen LogP contribution in [-0.2, 0) is 6.54 Å². The molecule has 0 aromatic heterocycles. The minimum absolute atomic E-state index is 0.243. The summed E-state index contributed by atoms with van der Waals surface area (Å²) in [4.78, 5) is 1.20. The van der Waals surface area contributed by atoms with Crippen molar-refractivity contribution in [3.8, 4) is 0 Å². The fourth-order valence-electron chi connectivity index (χ4n) is 1.58. The van der Waals surface area contributed by atoms with Crippen LogP contribution in [0.1, 0.15) is 5.56 Å². The molecule has 2 rings (SSSR count). The molecule has 2 aromatic carbocycles. The average Bonchev–Trinajstić information content (AvgIpc) is 2.40. The summed E-state index contributed by atoms with van der Waals surface area (Å²) >= 11 is 7.53. The van der Waals surface area contributed by atoms with Gasteiger partial charge in [0.1, 0.15) is 5.82 Å². The number of thioether (sulfide) groups is 1. The monoisotopic (exact) mass is 281 g/mol. The van der Waals surface area contributed by atoms with Crippen molar-refractivity contribution in [1.29, 1.82) is 0 Å². The predicted octanol–water partition coefficient (Wildman–Crippen LogP) is 4.81. The van der Waals surface area contributed by atoms with Crippen LogP contribution >= 0.6 is 23.4 Å². The standard InChI is InChI=1S/C14H13ClFNS/c1-18-13-5-3-12(4-6-13)17-9-10-8-11(15)2-7-14(10)16/h2-8,17H,9H2,1H3. The topological polar surface area (TPSA) is 12.0 Å². The molecule has 94 valence electrons. The number of anilines is 1. The van der Waals surface area contributed by atoms with E-state index in [-0.39, 0.29) is 5.82 Å². The van der Waals surface area contributed by atoms with Gasteiger partial charge in [0.15, 0.2) is 0 Å². The summed E-state index contributed by atoms with van der Waals surface area (Å²) in [5.74, 6) is -0.243. The smallest absolute Gasteiger partial charge is 0.128 e. The Morgan fingerprint density at radius 3 is 2.56 bits per heavy atom. The van der Waals surface area contributed by atoms with Crippen LogP contribution in [0, 0.1) is 5.82 Å². The van der Waals surface area contributed by atoms with Gasteiger partial charge in [0, 0.05) is 27.7 Å². The molecule has 0 fully saturated rings. The first-order chi connectivity index (χ1) is 8.69. The molecule has 1 nitrogen and oxygen atoms in total. The molecule has 0 radical (unpaired) electrons. The van der Waals surface area contributed by atoms with Gasteiger partial charge in [-0.25, -0.2) is 4.39 Å². The van der Waals surface area contributed by atoms with Crippen LogP contribution in [0.25, 0.3) is 0 Å². The molecule has 0 amide bonds. The predicted molar refractivity (Wildman–Crippen MR) is 77.0 cm³/mol. The Labute approximate surface area is 115 Å². The molecule has 0 aliphatic rings. The lowest BCUT2D eigenvalue weighted by molar-refractivity contribution is 0.613. The van der Waals surface area contributed by atoms with E-state index >= 15 is 0 Å². The molecule has 0 unspecified atom stereocenters. The maximum Gasteiger partial charge on any atom is 0.128 e. The second-order valence-corrected chi connectivity index (χ2v) is 5.13. The van der Waals surface area contributed by atoms with Gasteiger partial charge in [0.05, 0.1) is 0 Å². The van der Waals surface area contributed by atoms with Crippen LogP contribution in [0.15, 0.2) is 47.4 Å². The van der Waals surface area contributed by atoms with Gasteiger partial charge < -0.3 is 5.32 Å². The van der Waals surface area contributed by atoms with Gasteiger partial charge in [-0.1, -0.05) is 11.6 Å². The lowest BCUT2D eigenvalue weighted by atomic mass is 10.2. The summed E-state index contributed by atoms with van der Waals surface area (Å²) in [5.41, 5.74) is 1.53. The fourth-order valence-corrected chi connectivity index (χ4v) is 2.19. The Balaban J connectivity index is 2.04. The van der Waals surface area contributed by atoms with Crippen molar-refractivity contribution in [1.82, 2.24) is 0 Å². The van der Waals surface area contributed by atoms with Crippen molar-refractivity contribution in [2.75, 3.05) is 11.6 Å². The number of halogens is 2. The normalized spacial score (nSPS) is 10.4. The molecule has 0 saturated heterocycles. The van der Waals surface area contributed by atoms with E-state index in [1.54, 1.807) is 23.9 Å². The van der Waals surface area contributed by atoms with E-state index in [0.29, 0.717) is 17.1 Å². The Bertz CT molecular complexity index is 528. The van der Waals surface area contributed by atoms with Crippen molar-refractivity contribution in [3.05, 3.63) is 58.9 Å². The van der Waals surface area contributed by atoms with Crippen LogP contribution in [0.5, 0.6) is 0 Å². The molecular weight excluding hydrogens is 269 g/mol. The lowest BCUT2D eigenvalue weighted by Crippen LogP contribution is -2.01. The van der Waals surface area contributed by atoms with Gasteiger partial charge in [-0.05, 0) is 48.7 Å². The summed E-state index contributed by atoms with van der Waals surface area (Å²) in [6, 6.07) is 12.6. The molecule has 1 N–H and O–H groups in total. The van der Waals surface area contributed by atoms with E-state index in [2.05, 4.69) is 5.32 Å². The molecule has 18 heavy (non-hydrogen) atoms. The molecule has 0 atom stereocenters. The second kappa shape index (κ2) is 6.12. The summed E-state index contributed by atoms with van der Waals surface area (Å²) in [5, 5.41) is 3.72. The zero-order valence-corrected chi connectivity index (χ0v) is 11.5. The van der Waals surface area contributed by atoms with E-state index in [1.165, 1.54) is 11.0 Å². The van der Waals surface area contributed by atoms with E-state index in [4.69, 9.17) is 11.6 Å². The summed E-state index contributed by atoms with van der Waals surface area (Å²) in [6.45, 7) is 0.422. The van der Waals surface area contributed by atoms with E-state index in [0.717, 1.165) is 5.69 Å². The Morgan fingerprint density at radius 2 is 1.89 bits per heavy atom. The minimum atomic E-state index is -0.243. The number of hydrogen-bond acceptors (Lipinski definition) is 2. The molecule has 4 heteroatoms. The highest BCUT2D eigenvalue weighted by molar-refractivity contribution is 7.98. The first-order valence-electron chi connectivity index (χ1n) is 5.51. The summed E-state index contributed by atoms with van der Waals surface area (Å²) in [7, 11) is 0. The molecule has 0 spiro atoms. The maximum atomic E-state index is 13.5. The van der Waals surface area contributed by atoms with Crippen LogP contribution in [-0.4, -0.2) is 6.26 Å². The zero-order valence-electron chi connectivity index (χ0n) is 9.91. The number of hydrogen-bond donors (Lipinski definition) is 1. The molecular formula is C14H13ClFNS. The molecule has 0 saturated carbocycles. The van der Waals surface area contributed by atoms with Crippen LogP contribution in [0.2, 0.25) is 5.02 Å². The minimum Gasteiger partial charge on any atom is -0.381 e. The van der Waals surface area contributed by atoms with Crippen molar-refractivity contribution in [2.24, 2.45) is 0 Å². The van der Waals surface area contributed by atoms with Crippen LogP contribution in [0.4, 0.5) is 10.1 Å². The van der Waals surface area contributed by atoms with Gasteiger partial charge in [-0.15, -0.1) is 11.8 Å². The number of rotatable bonds is 4. The lowest BCUT2D eigenvalue weighted by Gasteiger charge is -2.08.